The number of hydrogen-bond acceptors (Lipinski definition) is 2. The van der Waals surface area contributed by atoms with Crippen LogP contribution in [0.3, 0.4) is 0 Å². The fourth-order valence-corrected chi connectivity index (χ4v) is 1.80. The van der Waals surface area contributed by atoms with E-state index in [1.807, 2.05) is 0 Å². The van der Waals surface area contributed by atoms with Gasteiger partial charge in [-0.2, -0.15) is 0 Å². The average Bonchev–Trinajstić information content (AvgIpc) is 2.28. The highest BCUT2D eigenvalue weighted by atomic mass is 15.1. The number of benzene rings is 1. The lowest BCUT2D eigenvalue weighted by atomic mass is 10.1. The Hall–Kier alpha value is -0.860. The quantitative estimate of drug-likeness (QED) is 0.760. The van der Waals surface area contributed by atoms with E-state index >= 15 is 0 Å². The van der Waals surface area contributed by atoms with Crippen molar-refractivity contribution < 1.29 is 0 Å². The Kier molecular flexibility index (Phi) is 6.12. The standard InChI is InChI=1S/C14H24N2/c1-4-10-16(3)12-14-8-6-13(7-9-14)11-15-5-2/h6-9,15H,4-5,10-12H2,1-3H3. The summed E-state index contributed by atoms with van der Waals surface area (Å²) in [5, 5.41) is 3.33. The lowest BCUT2D eigenvalue weighted by Crippen LogP contribution is -2.18. The number of hydrogen-bond donors (Lipinski definition) is 1. The molecule has 0 aliphatic heterocycles. The van der Waals surface area contributed by atoms with Gasteiger partial charge in [0, 0.05) is 13.1 Å². The van der Waals surface area contributed by atoms with Gasteiger partial charge in [-0.1, -0.05) is 38.1 Å². The third-order valence-electron chi connectivity index (χ3n) is 2.66. The van der Waals surface area contributed by atoms with Gasteiger partial charge in [0.05, 0.1) is 0 Å². The fourth-order valence-electron chi connectivity index (χ4n) is 1.80. The molecule has 0 aromatic heterocycles. The smallest absolute Gasteiger partial charge is 0.0230 e. The summed E-state index contributed by atoms with van der Waals surface area (Å²) in [6.07, 6.45) is 1.22. The molecule has 0 unspecified atom stereocenters. The first kappa shape index (κ1) is 13.2. The Labute approximate surface area is 99.7 Å². The molecule has 0 atom stereocenters. The van der Waals surface area contributed by atoms with Gasteiger partial charge in [-0.05, 0) is 37.7 Å². The third-order valence-corrected chi connectivity index (χ3v) is 2.66. The SMILES string of the molecule is CCCN(C)Cc1ccc(CNCC)cc1. The molecular weight excluding hydrogens is 196 g/mol. The van der Waals surface area contributed by atoms with Crippen molar-refractivity contribution in [2.75, 3.05) is 20.1 Å². The Morgan fingerprint density at radius 1 is 1.06 bits per heavy atom. The Balaban J connectivity index is 2.44. The lowest BCUT2D eigenvalue weighted by molar-refractivity contribution is 0.327. The first-order chi connectivity index (χ1) is 7.76. The molecular formula is C14H24N2. The van der Waals surface area contributed by atoms with Crippen molar-refractivity contribution in [2.45, 2.75) is 33.4 Å². The summed E-state index contributed by atoms with van der Waals surface area (Å²) >= 11 is 0. The first-order valence-electron chi connectivity index (χ1n) is 6.23. The Morgan fingerprint density at radius 2 is 1.69 bits per heavy atom. The molecule has 0 fully saturated rings. The summed E-state index contributed by atoms with van der Waals surface area (Å²) < 4.78 is 0. The molecule has 0 aliphatic rings. The van der Waals surface area contributed by atoms with Crippen LogP contribution in [0.5, 0.6) is 0 Å². The van der Waals surface area contributed by atoms with Crippen LogP contribution in [0.1, 0.15) is 31.4 Å². The van der Waals surface area contributed by atoms with Crippen LogP contribution in [-0.4, -0.2) is 25.0 Å². The van der Waals surface area contributed by atoms with Crippen molar-refractivity contribution in [2.24, 2.45) is 0 Å². The van der Waals surface area contributed by atoms with Crippen molar-refractivity contribution in [3.8, 4) is 0 Å². The van der Waals surface area contributed by atoms with E-state index in [4.69, 9.17) is 0 Å². The second-order valence-corrected chi connectivity index (χ2v) is 4.33. The summed E-state index contributed by atoms with van der Waals surface area (Å²) in [7, 11) is 2.18. The minimum atomic E-state index is 0.974. The van der Waals surface area contributed by atoms with Gasteiger partial charge < -0.3 is 10.2 Å². The molecule has 1 aromatic rings. The molecule has 0 amide bonds. The largest absolute Gasteiger partial charge is 0.313 e. The van der Waals surface area contributed by atoms with Crippen LogP contribution in [-0.2, 0) is 13.1 Å². The maximum atomic E-state index is 3.33. The molecule has 0 aliphatic carbocycles. The number of rotatable bonds is 7. The Morgan fingerprint density at radius 3 is 2.25 bits per heavy atom. The van der Waals surface area contributed by atoms with Crippen LogP contribution in [0.2, 0.25) is 0 Å². The summed E-state index contributed by atoms with van der Waals surface area (Å²) in [6.45, 7) is 8.57. The van der Waals surface area contributed by atoms with Gasteiger partial charge in [0.2, 0.25) is 0 Å². The van der Waals surface area contributed by atoms with E-state index in [0.717, 1.165) is 19.6 Å². The van der Waals surface area contributed by atoms with Crippen molar-refractivity contribution in [1.29, 1.82) is 0 Å². The second kappa shape index (κ2) is 7.42. The van der Waals surface area contributed by atoms with Gasteiger partial charge in [0.1, 0.15) is 0 Å². The van der Waals surface area contributed by atoms with Crippen LogP contribution in [0.4, 0.5) is 0 Å². The van der Waals surface area contributed by atoms with E-state index < -0.39 is 0 Å². The summed E-state index contributed by atoms with van der Waals surface area (Å²) in [5.74, 6) is 0. The van der Waals surface area contributed by atoms with Crippen molar-refractivity contribution >= 4 is 0 Å². The van der Waals surface area contributed by atoms with Gasteiger partial charge in [-0.15, -0.1) is 0 Å². The van der Waals surface area contributed by atoms with Gasteiger partial charge in [0.15, 0.2) is 0 Å². The van der Waals surface area contributed by atoms with E-state index in [1.54, 1.807) is 0 Å². The zero-order valence-electron chi connectivity index (χ0n) is 10.8. The number of nitrogens with one attached hydrogen (secondary N) is 1. The second-order valence-electron chi connectivity index (χ2n) is 4.33. The summed E-state index contributed by atoms with van der Waals surface area (Å²) in [5.41, 5.74) is 2.76. The predicted octanol–water partition coefficient (Wildman–Crippen LogP) is 2.64. The van der Waals surface area contributed by atoms with Crippen molar-refractivity contribution in [3.63, 3.8) is 0 Å². The van der Waals surface area contributed by atoms with Crippen LogP contribution >= 0.6 is 0 Å². The summed E-state index contributed by atoms with van der Waals surface area (Å²) in [6, 6.07) is 8.91. The molecule has 0 heterocycles. The third kappa shape index (κ3) is 4.77. The fraction of sp³-hybridized carbons (Fsp3) is 0.571. The molecule has 90 valence electrons. The molecule has 0 saturated carbocycles. The summed E-state index contributed by atoms with van der Waals surface area (Å²) in [4.78, 5) is 2.36. The zero-order chi connectivity index (χ0) is 11.8. The molecule has 0 radical (unpaired) electrons. The lowest BCUT2D eigenvalue weighted by Gasteiger charge is -2.15. The van der Waals surface area contributed by atoms with Gasteiger partial charge >= 0.3 is 0 Å². The molecule has 0 spiro atoms. The minimum absolute atomic E-state index is 0.974. The monoisotopic (exact) mass is 220 g/mol. The Bertz CT molecular complexity index is 279. The maximum Gasteiger partial charge on any atom is 0.0230 e. The van der Waals surface area contributed by atoms with E-state index in [9.17, 15) is 0 Å². The van der Waals surface area contributed by atoms with Crippen LogP contribution in [0, 0.1) is 0 Å². The highest BCUT2D eigenvalue weighted by Crippen LogP contribution is 2.06. The van der Waals surface area contributed by atoms with Crippen LogP contribution in [0.15, 0.2) is 24.3 Å². The highest BCUT2D eigenvalue weighted by molar-refractivity contribution is 5.22. The molecule has 1 rings (SSSR count). The molecule has 2 heteroatoms. The van der Waals surface area contributed by atoms with E-state index in [2.05, 4.69) is 55.4 Å². The average molecular weight is 220 g/mol. The normalized spacial score (nSPS) is 11.0. The van der Waals surface area contributed by atoms with Crippen molar-refractivity contribution in [1.82, 2.24) is 10.2 Å². The molecule has 16 heavy (non-hydrogen) atoms. The van der Waals surface area contributed by atoms with Gasteiger partial charge in [-0.3, -0.25) is 0 Å². The van der Waals surface area contributed by atoms with E-state index in [-0.39, 0.29) is 0 Å². The number of nitrogens with zero attached hydrogens (tertiary/aromatic N) is 1. The zero-order valence-corrected chi connectivity index (χ0v) is 10.8. The van der Waals surface area contributed by atoms with Gasteiger partial charge in [0.25, 0.3) is 0 Å². The van der Waals surface area contributed by atoms with Crippen LogP contribution in [0.25, 0.3) is 0 Å². The van der Waals surface area contributed by atoms with Crippen LogP contribution < -0.4 is 5.32 Å². The van der Waals surface area contributed by atoms with E-state index in [0.29, 0.717) is 0 Å². The maximum absolute atomic E-state index is 3.33. The van der Waals surface area contributed by atoms with E-state index in [1.165, 1.54) is 24.1 Å². The molecule has 1 aromatic carbocycles. The van der Waals surface area contributed by atoms with Crippen molar-refractivity contribution in [3.05, 3.63) is 35.4 Å². The molecule has 0 saturated heterocycles. The topological polar surface area (TPSA) is 15.3 Å². The first-order valence-corrected chi connectivity index (χ1v) is 6.23. The molecule has 2 nitrogen and oxygen atoms in total. The predicted molar refractivity (Wildman–Crippen MR) is 70.4 cm³/mol. The molecule has 1 N–H and O–H groups in total. The molecule has 0 bridgehead atoms. The van der Waals surface area contributed by atoms with Gasteiger partial charge in [-0.25, -0.2) is 0 Å². The minimum Gasteiger partial charge on any atom is -0.313 e. The highest BCUT2D eigenvalue weighted by Gasteiger charge is 1.99.